The first-order chi connectivity index (χ1) is 9.65. The minimum atomic E-state index is 0.0500. The van der Waals surface area contributed by atoms with Crippen LogP contribution in [0.25, 0.3) is 0 Å². The molecule has 4 nitrogen and oxygen atoms in total. The largest absolute Gasteiger partial charge is 0.337 e. The molecule has 2 heterocycles. The van der Waals surface area contributed by atoms with Gasteiger partial charge < -0.3 is 4.90 Å². The van der Waals surface area contributed by atoms with Crippen molar-refractivity contribution in [2.75, 3.05) is 13.1 Å². The number of hydrogen-bond acceptors (Lipinski definition) is 4. The van der Waals surface area contributed by atoms with Crippen LogP contribution < -0.4 is 0 Å². The van der Waals surface area contributed by atoms with Crippen molar-refractivity contribution in [2.24, 2.45) is 0 Å². The molecular weight excluding hydrogens is 294 g/mol. The number of carbonyl (C=O) groups is 1. The number of aryl methyl sites for hydroxylation is 1. The summed E-state index contributed by atoms with van der Waals surface area (Å²) in [6.45, 7) is 3.35. The molecule has 0 spiro atoms. The second-order valence-electron chi connectivity index (χ2n) is 4.98. The van der Waals surface area contributed by atoms with Crippen molar-refractivity contribution >= 4 is 29.0 Å². The Morgan fingerprint density at radius 2 is 2.15 bits per heavy atom. The molecule has 3 rings (SSSR count). The van der Waals surface area contributed by atoms with E-state index in [0.717, 1.165) is 30.2 Å². The third kappa shape index (κ3) is 2.55. The maximum Gasteiger partial charge on any atom is 0.267 e. The predicted octanol–water partition coefficient (Wildman–Crippen LogP) is 3.13. The molecule has 0 radical (unpaired) electrons. The minimum Gasteiger partial charge on any atom is -0.337 e. The number of aromatic nitrogens is 2. The van der Waals surface area contributed by atoms with E-state index in [-0.39, 0.29) is 5.91 Å². The van der Waals surface area contributed by atoms with E-state index in [1.54, 1.807) is 0 Å². The second-order valence-corrected chi connectivity index (χ2v) is 6.17. The molecule has 1 saturated heterocycles. The van der Waals surface area contributed by atoms with Crippen LogP contribution in [0.3, 0.4) is 0 Å². The van der Waals surface area contributed by atoms with Crippen LogP contribution in [0.1, 0.15) is 33.3 Å². The van der Waals surface area contributed by atoms with E-state index >= 15 is 0 Å². The smallest absolute Gasteiger partial charge is 0.267 e. The molecule has 6 heteroatoms. The number of nitrogens with zero attached hydrogens (tertiary/aromatic N) is 3. The van der Waals surface area contributed by atoms with E-state index in [1.807, 2.05) is 36.1 Å². The summed E-state index contributed by atoms with van der Waals surface area (Å²) in [5.41, 5.74) is 1.96. The van der Waals surface area contributed by atoms with E-state index in [0.29, 0.717) is 10.8 Å². The highest BCUT2D eigenvalue weighted by Gasteiger charge is 2.29. The van der Waals surface area contributed by atoms with E-state index < -0.39 is 0 Å². The number of rotatable bonds is 2. The van der Waals surface area contributed by atoms with Crippen molar-refractivity contribution in [3.05, 3.63) is 45.4 Å². The Labute approximate surface area is 126 Å². The predicted molar refractivity (Wildman–Crippen MR) is 79.4 cm³/mol. The fourth-order valence-corrected chi connectivity index (χ4v) is 3.27. The summed E-state index contributed by atoms with van der Waals surface area (Å²) in [4.78, 5) is 14.9. The first kappa shape index (κ1) is 13.5. The summed E-state index contributed by atoms with van der Waals surface area (Å²) >= 11 is 7.08. The molecule has 0 N–H and O–H groups in total. The lowest BCUT2D eigenvalue weighted by molar-refractivity contribution is 0.0794. The quantitative estimate of drug-likeness (QED) is 0.856. The monoisotopic (exact) mass is 307 g/mol. The molecule has 0 aliphatic carbocycles. The summed E-state index contributed by atoms with van der Waals surface area (Å²) in [5.74, 6) is 0.436. The van der Waals surface area contributed by atoms with Gasteiger partial charge in [-0.25, -0.2) is 0 Å². The molecule has 1 aromatic heterocycles. The summed E-state index contributed by atoms with van der Waals surface area (Å²) in [6, 6.07) is 7.89. The first-order valence-electron chi connectivity index (χ1n) is 6.49. The number of halogens is 1. The van der Waals surface area contributed by atoms with Crippen molar-refractivity contribution in [3.63, 3.8) is 0 Å². The van der Waals surface area contributed by atoms with Crippen LogP contribution in [-0.2, 0) is 0 Å². The molecule has 2 aromatic rings. The van der Waals surface area contributed by atoms with E-state index in [1.165, 1.54) is 17.1 Å². The lowest BCUT2D eigenvalue weighted by atomic mass is 9.99. The van der Waals surface area contributed by atoms with Gasteiger partial charge >= 0.3 is 0 Å². The van der Waals surface area contributed by atoms with Gasteiger partial charge in [-0.3, -0.25) is 4.79 Å². The standard InChI is InChI=1S/C14H14ClN3OS/c1-9-13(20-17-16-9)14(19)18-7-6-11(8-18)10-2-4-12(15)5-3-10/h2-5,11H,6-8H2,1H3/t11-/m1/s1. The lowest BCUT2D eigenvalue weighted by Gasteiger charge is -2.15. The highest BCUT2D eigenvalue weighted by Crippen LogP contribution is 2.29. The van der Waals surface area contributed by atoms with Crippen LogP contribution in [0.4, 0.5) is 0 Å². The number of carbonyl (C=O) groups excluding carboxylic acids is 1. The number of benzene rings is 1. The van der Waals surface area contributed by atoms with Crippen molar-refractivity contribution < 1.29 is 4.79 Å². The first-order valence-corrected chi connectivity index (χ1v) is 7.64. The Morgan fingerprint density at radius 3 is 2.80 bits per heavy atom. The van der Waals surface area contributed by atoms with Gasteiger partial charge in [0.2, 0.25) is 0 Å². The molecular formula is C14H14ClN3OS. The van der Waals surface area contributed by atoms with Gasteiger partial charge in [-0.2, -0.15) is 0 Å². The van der Waals surface area contributed by atoms with Gasteiger partial charge in [0.15, 0.2) is 0 Å². The summed E-state index contributed by atoms with van der Waals surface area (Å²) in [5, 5.41) is 4.64. The highest BCUT2D eigenvalue weighted by molar-refractivity contribution is 7.07. The van der Waals surface area contributed by atoms with Gasteiger partial charge in [0.25, 0.3) is 5.91 Å². The summed E-state index contributed by atoms with van der Waals surface area (Å²) < 4.78 is 3.83. The zero-order valence-corrected chi connectivity index (χ0v) is 12.6. The van der Waals surface area contributed by atoms with Gasteiger partial charge in [-0.1, -0.05) is 28.2 Å². The normalized spacial score (nSPS) is 18.5. The third-order valence-electron chi connectivity index (χ3n) is 3.66. The Morgan fingerprint density at radius 1 is 1.40 bits per heavy atom. The van der Waals surface area contributed by atoms with E-state index in [4.69, 9.17) is 11.6 Å². The van der Waals surface area contributed by atoms with E-state index in [2.05, 4.69) is 9.59 Å². The fourth-order valence-electron chi connectivity index (χ4n) is 2.52. The average Bonchev–Trinajstić information content (AvgIpc) is 3.08. The van der Waals surface area contributed by atoms with Gasteiger partial charge in [0.05, 0.1) is 5.69 Å². The maximum atomic E-state index is 12.4. The molecule has 104 valence electrons. The van der Waals surface area contributed by atoms with Crippen LogP contribution in [0.2, 0.25) is 5.02 Å². The summed E-state index contributed by atoms with van der Waals surface area (Å²) in [6.07, 6.45) is 0.985. The van der Waals surface area contributed by atoms with Gasteiger partial charge in [0, 0.05) is 24.0 Å². The van der Waals surface area contributed by atoms with Gasteiger partial charge in [-0.05, 0) is 42.6 Å². The topological polar surface area (TPSA) is 46.1 Å². The molecule has 1 atom stereocenters. The molecule has 0 unspecified atom stereocenters. The second kappa shape index (κ2) is 5.50. The van der Waals surface area contributed by atoms with Crippen LogP contribution in [0, 0.1) is 6.92 Å². The van der Waals surface area contributed by atoms with Gasteiger partial charge in [0.1, 0.15) is 4.88 Å². The maximum absolute atomic E-state index is 12.4. The molecule has 1 aliphatic heterocycles. The summed E-state index contributed by atoms with van der Waals surface area (Å²) in [7, 11) is 0. The fraction of sp³-hybridized carbons (Fsp3) is 0.357. The Balaban J connectivity index is 1.72. The molecule has 1 amide bonds. The molecule has 0 saturated carbocycles. The molecule has 1 fully saturated rings. The van der Waals surface area contributed by atoms with Crippen molar-refractivity contribution in [1.29, 1.82) is 0 Å². The van der Waals surface area contributed by atoms with E-state index in [9.17, 15) is 4.79 Å². The molecule has 1 aromatic carbocycles. The van der Waals surface area contributed by atoms with Crippen molar-refractivity contribution in [1.82, 2.24) is 14.5 Å². The highest BCUT2D eigenvalue weighted by atomic mass is 35.5. The van der Waals surface area contributed by atoms with Crippen LogP contribution in [0.5, 0.6) is 0 Å². The Bertz CT molecular complexity index is 626. The number of amides is 1. The average molecular weight is 308 g/mol. The number of hydrogen-bond donors (Lipinski definition) is 0. The SMILES string of the molecule is Cc1nnsc1C(=O)N1CC[C@@H](c2ccc(Cl)cc2)C1. The van der Waals surface area contributed by atoms with Crippen molar-refractivity contribution in [3.8, 4) is 0 Å². The molecule has 0 bridgehead atoms. The van der Waals surface area contributed by atoms with Crippen LogP contribution >= 0.6 is 23.1 Å². The zero-order chi connectivity index (χ0) is 14.1. The van der Waals surface area contributed by atoms with Crippen molar-refractivity contribution in [2.45, 2.75) is 19.3 Å². The van der Waals surface area contributed by atoms with Gasteiger partial charge in [-0.15, -0.1) is 5.10 Å². The number of likely N-dealkylation sites (tertiary alicyclic amines) is 1. The Hall–Kier alpha value is -1.46. The van der Waals surface area contributed by atoms with Crippen LogP contribution in [0.15, 0.2) is 24.3 Å². The molecule has 1 aliphatic rings. The zero-order valence-electron chi connectivity index (χ0n) is 11.0. The minimum absolute atomic E-state index is 0.0500. The molecule has 20 heavy (non-hydrogen) atoms. The van der Waals surface area contributed by atoms with Crippen LogP contribution in [-0.4, -0.2) is 33.5 Å². The third-order valence-corrected chi connectivity index (χ3v) is 4.73. The Kier molecular flexibility index (Phi) is 3.72. The lowest BCUT2D eigenvalue weighted by Crippen LogP contribution is -2.28.